The van der Waals surface area contributed by atoms with Crippen LogP contribution in [0.5, 0.6) is 5.75 Å². The van der Waals surface area contributed by atoms with Crippen LogP contribution in [0, 0.1) is 0 Å². The molecule has 0 bridgehead atoms. The van der Waals surface area contributed by atoms with Crippen molar-refractivity contribution in [2.45, 2.75) is 39.0 Å². The number of carbonyl (C=O) groups is 1. The molecule has 174 valence electrons. The Morgan fingerprint density at radius 3 is 2.58 bits per heavy atom. The molecule has 0 N–H and O–H groups in total. The Kier molecular flexibility index (Phi) is 7.57. The van der Waals surface area contributed by atoms with Gasteiger partial charge in [0.15, 0.2) is 0 Å². The molecule has 2 heterocycles. The average Bonchev–Trinajstić information content (AvgIpc) is 3.27. The van der Waals surface area contributed by atoms with Crippen LogP contribution in [-0.2, 0) is 22.5 Å². The second kappa shape index (κ2) is 10.8. The number of nitrogens with zero attached hydrogens (tertiary/aromatic N) is 4. The number of anilines is 1. The van der Waals surface area contributed by atoms with E-state index in [0.717, 1.165) is 27.8 Å². The van der Waals surface area contributed by atoms with Crippen LogP contribution in [0.3, 0.4) is 0 Å². The molecule has 8 heteroatoms. The third-order valence-electron chi connectivity index (χ3n) is 5.54. The average molecular weight is 467 g/mol. The van der Waals surface area contributed by atoms with Crippen molar-refractivity contribution >= 4 is 22.6 Å². The van der Waals surface area contributed by atoms with Gasteiger partial charge < -0.3 is 19.3 Å². The quantitative estimate of drug-likeness (QED) is 0.503. The standard InChI is InChI=1S/C25H30N4O3S/c1-18-14-28(15-19(2)32-18)24(30)17-29(16-20-8-5-4-6-9-20)25-26-23(27-33-25)13-21-10-7-11-22(12-21)31-3/h4-12,18-19H,13-17H2,1-3H3. The Labute approximate surface area is 199 Å². The Bertz CT molecular complexity index is 1050. The highest BCUT2D eigenvalue weighted by Gasteiger charge is 2.28. The number of morpholine rings is 1. The lowest BCUT2D eigenvalue weighted by molar-refractivity contribution is -0.141. The Hall–Kier alpha value is -2.97. The van der Waals surface area contributed by atoms with Gasteiger partial charge in [-0.25, -0.2) is 4.98 Å². The largest absolute Gasteiger partial charge is 0.497 e. The normalized spacial score (nSPS) is 18.2. The zero-order chi connectivity index (χ0) is 23.2. The summed E-state index contributed by atoms with van der Waals surface area (Å²) in [4.78, 5) is 21.9. The molecule has 1 amide bonds. The van der Waals surface area contributed by atoms with E-state index in [0.29, 0.717) is 26.1 Å². The number of carbonyl (C=O) groups excluding carboxylic acids is 1. The number of hydrogen-bond donors (Lipinski definition) is 0. The van der Waals surface area contributed by atoms with Gasteiger partial charge in [0.1, 0.15) is 11.6 Å². The summed E-state index contributed by atoms with van der Waals surface area (Å²) in [7, 11) is 1.66. The summed E-state index contributed by atoms with van der Waals surface area (Å²) in [5.74, 6) is 1.63. The molecular weight excluding hydrogens is 436 g/mol. The minimum Gasteiger partial charge on any atom is -0.497 e. The minimum absolute atomic E-state index is 0.0382. The molecule has 0 aliphatic carbocycles. The van der Waals surface area contributed by atoms with Gasteiger partial charge in [-0.2, -0.15) is 4.37 Å². The zero-order valence-electron chi connectivity index (χ0n) is 19.3. The van der Waals surface area contributed by atoms with Crippen LogP contribution in [0.25, 0.3) is 0 Å². The second-order valence-electron chi connectivity index (χ2n) is 8.42. The molecule has 2 aromatic carbocycles. The van der Waals surface area contributed by atoms with Gasteiger partial charge in [0.05, 0.1) is 25.9 Å². The predicted molar refractivity (Wildman–Crippen MR) is 130 cm³/mol. The number of hydrogen-bond acceptors (Lipinski definition) is 7. The molecule has 33 heavy (non-hydrogen) atoms. The molecule has 2 atom stereocenters. The van der Waals surface area contributed by atoms with Crippen molar-refractivity contribution in [1.82, 2.24) is 14.3 Å². The highest BCUT2D eigenvalue weighted by molar-refractivity contribution is 7.09. The van der Waals surface area contributed by atoms with E-state index in [1.165, 1.54) is 11.5 Å². The first-order valence-corrected chi connectivity index (χ1v) is 11.9. The Morgan fingerprint density at radius 2 is 1.85 bits per heavy atom. The van der Waals surface area contributed by atoms with Gasteiger partial charge in [-0.15, -0.1) is 0 Å². The first-order chi connectivity index (χ1) is 16.0. The summed E-state index contributed by atoms with van der Waals surface area (Å²) in [6.07, 6.45) is 0.687. The highest BCUT2D eigenvalue weighted by Crippen LogP contribution is 2.23. The Balaban J connectivity index is 1.51. The van der Waals surface area contributed by atoms with E-state index >= 15 is 0 Å². The molecule has 2 unspecified atom stereocenters. The number of methoxy groups -OCH3 is 1. The zero-order valence-corrected chi connectivity index (χ0v) is 20.1. The van der Waals surface area contributed by atoms with Crippen molar-refractivity contribution in [3.63, 3.8) is 0 Å². The number of ether oxygens (including phenoxy) is 2. The van der Waals surface area contributed by atoms with E-state index < -0.39 is 0 Å². The van der Waals surface area contributed by atoms with Crippen LogP contribution in [0.1, 0.15) is 30.8 Å². The van der Waals surface area contributed by atoms with Gasteiger partial charge in [-0.05, 0) is 37.1 Å². The first kappa shape index (κ1) is 23.2. The van der Waals surface area contributed by atoms with Crippen molar-refractivity contribution in [3.8, 4) is 5.75 Å². The summed E-state index contributed by atoms with van der Waals surface area (Å²) in [5, 5.41) is 0.749. The number of aromatic nitrogens is 2. The molecule has 0 radical (unpaired) electrons. The van der Waals surface area contributed by atoms with Crippen molar-refractivity contribution in [2.75, 3.05) is 31.6 Å². The molecule has 1 aliphatic heterocycles. The number of benzene rings is 2. The summed E-state index contributed by atoms with van der Waals surface area (Å²) in [6.45, 7) is 6.08. The third kappa shape index (κ3) is 6.30. The first-order valence-electron chi connectivity index (χ1n) is 11.2. The number of amides is 1. The van der Waals surface area contributed by atoms with Crippen LogP contribution in [0.15, 0.2) is 54.6 Å². The molecule has 4 rings (SSSR count). The molecular formula is C25H30N4O3S. The van der Waals surface area contributed by atoms with Crippen molar-refractivity contribution < 1.29 is 14.3 Å². The molecule has 1 fully saturated rings. The van der Waals surface area contributed by atoms with E-state index in [4.69, 9.17) is 14.5 Å². The third-order valence-corrected chi connectivity index (χ3v) is 6.35. The summed E-state index contributed by atoms with van der Waals surface area (Å²) in [6, 6.07) is 18.1. The fourth-order valence-corrected chi connectivity index (χ4v) is 4.73. The summed E-state index contributed by atoms with van der Waals surface area (Å²) in [5.41, 5.74) is 2.21. The molecule has 0 spiro atoms. The van der Waals surface area contributed by atoms with Crippen molar-refractivity contribution in [3.05, 3.63) is 71.5 Å². The lowest BCUT2D eigenvalue weighted by Crippen LogP contribution is -2.51. The van der Waals surface area contributed by atoms with E-state index in [1.54, 1.807) is 7.11 Å². The van der Waals surface area contributed by atoms with E-state index in [2.05, 4.69) is 16.5 Å². The summed E-state index contributed by atoms with van der Waals surface area (Å²) < 4.78 is 15.7. The van der Waals surface area contributed by atoms with E-state index in [9.17, 15) is 4.79 Å². The maximum Gasteiger partial charge on any atom is 0.242 e. The van der Waals surface area contributed by atoms with E-state index in [1.807, 2.05) is 66.1 Å². The van der Waals surface area contributed by atoms with Gasteiger partial charge in [-0.1, -0.05) is 42.5 Å². The topological polar surface area (TPSA) is 67.8 Å². The maximum absolute atomic E-state index is 13.2. The lowest BCUT2D eigenvalue weighted by atomic mass is 10.1. The van der Waals surface area contributed by atoms with Gasteiger partial charge in [0.2, 0.25) is 11.0 Å². The van der Waals surface area contributed by atoms with Gasteiger partial charge >= 0.3 is 0 Å². The van der Waals surface area contributed by atoms with Crippen LogP contribution < -0.4 is 9.64 Å². The van der Waals surface area contributed by atoms with Gasteiger partial charge in [-0.3, -0.25) is 4.79 Å². The fourth-order valence-electron chi connectivity index (χ4n) is 4.05. The van der Waals surface area contributed by atoms with Gasteiger partial charge in [0.25, 0.3) is 0 Å². The Morgan fingerprint density at radius 1 is 1.12 bits per heavy atom. The van der Waals surface area contributed by atoms with Crippen LogP contribution >= 0.6 is 11.5 Å². The van der Waals surface area contributed by atoms with Crippen LogP contribution in [0.4, 0.5) is 5.13 Å². The van der Waals surface area contributed by atoms with Crippen LogP contribution in [-0.4, -0.2) is 59.1 Å². The molecule has 3 aromatic rings. The van der Waals surface area contributed by atoms with Gasteiger partial charge in [0, 0.05) is 37.6 Å². The predicted octanol–water partition coefficient (Wildman–Crippen LogP) is 3.78. The van der Waals surface area contributed by atoms with Crippen LogP contribution in [0.2, 0.25) is 0 Å². The number of rotatable bonds is 8. The monoisotopic (exact) mass is 466 g/mol. The maximum atomic E-state index is 13.2. The molecule has 7 nitrogen and oxygen atoms in total. The van der Waals surface area contributed by atoms with Crippen molar-refractivity contribution in [1.29, 1.82) is 0 Å². The molecule has 0 saturated carbocycles. The fraction of sp³-hybridized carbons (Fsp3) is 0.400. The summed E-state index contributed by atoms with van der Waals surface area (Å²) >= 11 is 1.33. The SMILES string of the molecule is COc1cccc(Cc2nsc(N(CC(=O)N3CC(C)OC(C)C3)Cc3ccccc3)n2)c1. The molecule has 1 aromatic heterocycles. The molecule has 1 saturated heterocycles. The second-order valence-corrected chi connectivity index (χ2v) is 9.15. The van der Waals surface area contributed by atoms with Crippen molar-refractivity contribution in [2.24, 2.45) is 0 Å². The minimum atomic E-state index is 0.0382. The highest BCUT2D eigenvalue weighted by atomic mass is 32.1. The lowest BCUT2D eigenvalue weighted by Gasteiger charge is -2.36. The van der Waals surface area contributed by atoms with E-state index in [-0.39, 0.29) is 24.7 Å². The smallest absolute Gasteiger partial charge is 0.242 e. The molecule has 1 aliphatic rings.